The van der Waals surface area contributed by atoms with E-state index in [1.54, 1.807) is 0 Å². The fourth-order valence-corrected chi connectivity index (χ4v) is 1.19. The Kier molecular flexibility index (Phi) is 2.27. The molecule has 0 saturated carbocycles. The maximum atomic E-state index is 11.0. The molecule has 0 unspecified atom stereocenters. The highest BCUT2D eigenvalue weighted by molar-refractivity contribution is 5.81. The summed E-state index contributed by atoms with van der Waals surface area (Å²) in [6.45, 7) is 2.81. The highest BCUT2D eigenvalue weighted by atomic mass is 16.2. The molecule has 0 spiro atoms. The van der Waals surface area contributed by atoms with Gasteiger partial charge in [-0.15, -0.1) is 0 Å². The minimum atomic E-state index is -0.289. The normalized spacial score (nSPS) is 34.8. The number of amides is 1. The Labute approximate surface area is 61.0 Å². The van der Waals surface area contributed by atoms with Gasteiger partial charge >= 0.3 is 0 Å². The second kappa shape index (κ2) is 3.01. The van der Waals surface area contributed by atoms with Crippen LogP contribution in [0.25, 0.3) is 0 Å². The summed E-state index contributed by atoms with van der Waals surface area (Å²) >= 11 is 0. The highest BCUT2D eigenvalue weighted by Gasteiger charge is 2.22. The van der Waals surface area contributed by atoms with Crippen LogP contribution in [0.1, 0.15) is 19.8 Å². The van der Waals surface area contributed by atoms with E-state index in [2.05, 4.69) is 5.32 Å². The smallest absolute Gasteiger partial charge is 0.237 e. The van der Waals surface area contributed by atoms with Gasteiger partial charge in [-0.05, 0) is 18.8 Å². The standard InChI is InChI=1S/C7H14N2O/c1-5-3-2-4-9-7(10)6(5)8/h5-6H,2-4,8H2,1H3,(H,9,10)/t5-,6+/m1/s1. The molecular formula is C7H14N2O. The van der Waals surface area contributed by atoms with E-state index in [1.165, 1.54) is 0 Å². The quantitative estimate of drug-likeness (QED) is 0.494. The molecule has 3 heteroatoms. The molecular weight excluding hydrogens is 128 g/mol. The summed E-state index contributed by atoms with van der Waals surface area (Å²) in [6.07, 6.45) is 2.11. The number of hydrogen-bond acceptors (Lipinski definition) is 2. The Morgan fingerprint density at radius 2 is 2.40 bits per heavy atom. The third-order valence-electron chi connectivity index (χ3n) is 2.05. The van der Waals surface area contributed by atoms with E-state index in [1.807, 2.05) is 6.92 Å². The molecule has 58 valence electrons. The molecule has 1 heterocycles. The largest absolute Gasteiger partial charge is 0.355 e. The van der Waals surface area contributed by atoms with Crippen molar-refractivity contribution in [1.82, 2.24) is 5.32 Å². The fourth-order valence-electron chi connectivity index (χ4n) is 1.19. The highest BCUT2D eigenvalue weighted by Crippen LogP contribution is 2.11. The molecule has 1 aliphatic rings. The molecule has 3 N–H and O–H groups in total. The third-order valence-corrected chi connectivity index (χ3v) is 2.05. The van der Waals surface area contributed by atoms with E-state index in [4.69, 9.17) is 5.73 Å². The van der Waals surface area contributed by atoms with Crippen molar-refractivity contribution in [2.75, 3.05) is 6.54 Å². The first kappa shape index (κ1) is 7.54. The SMILES string of the molecule is C[C@@H]1CCCNC(=O)[C@H]1N. The summed E-state index contributed by atoms with van der Waals surface area (Å²) in [5.74, 6) is 0.340. The molecule has 2 atom stereocenters. The van der Waals surface area contributed by atoms with Crippen LogP contribution in [-0.2, 0) is 4.79 Å². The second-order valence-electron chi connectivity index (χ2n) is 2.94. The Hall–Kier alpha value is -0.570. The molecule has 1 aliphatic heterocycles. The van der Waals surface area contributed by atoms with Gasteiger partial charge in [0.25, 0.3) is 0 Å². The lowest BCUT2D eigenvalue weighted by Gasteiger charge is -2.13. The van der Waals surface area contributed by atoms with Gasteiger partial charge in [-0.3, -0.25) is 4.79 Å². The van der Waals surface area contributed by atoms with E-state index in [0.717, 1.165) is 19.4 Å². The van der Waals surface area contributed by atoms with Crippen LogP contribution in [0.15, 0.2) is 0 Å². The summed E-state index contributed by atoms with van der Waals surface area (Å²) in [6, 6.07) is -0.289. The van der Waals surface area contributed by atoms with E-state index >= 15 is 0 Å². The first-order valence-corrected chi connectivity index (χ1v) is 3.75. The zero-order valence-electron chi connectivity index (χ0n) is 6.26. The summed E-state index contributed by atoms with van der Waals surface area (Å²) in [4.78, 5) is 11.0. The number of carbonyl (C=O) groups excluding carboxylic acids is 1. The molecule has 0 aliphatic carbocycles. The zero-order chi connectivity index (χ0) is 7.56. The van der Waals surface area contributed by atoms with Gasteiger partial charge < -0.3 is 11.1 Å². The average molecular weight is 142 g/mol. The van der Waals surface area contributed by atoms with E-state index < -0.39 is 0 Å². The van der Waals surface area contributed by atoms with Gasteiger partial charge in [0.15, 0.2) is 0 Å². The van der Waals surface area contributed by atoms with Gasteiger partial charge in [-0.1, -0.05) is 6.92 Å². The maximum Gasteiger partial charge on any atom is 0.237 e. The van der Waals surface area contributed by atoms with Crippen LogP contribution in [0, 0.1) is 5.92 Å². The van der Waals surface area contributed by atoms with Crippen LogP contribution in [0.3, 0.4) is 0 Å². The number of nitrogens with two attached hydrogens (primary N) is 1. The lowest BCUT2D eigenvalue weighted by molar-refractivity contribution is -0.122. The van der Waals surface area contributed by atoms with Crippen LogP contribution in [-0.4, -0.2) is 18.5 Å². The van der Waals surface area contributed by atoms with Crippen LogP contribution in [0.4, 0.5) is 0 Å². The van der Waals surface area contributed by atoms with Crippen molar-refractivity contribution in [3.05, 3.63) is 0 Å². The third kappa shape index (κ3) is 1.48. The van der Waals surface area contributed by atoms with E-state index in [0.29, 0.717) is 5.92 Å². The topological polar surface area (TPSA) is 55.1 Å². The molecule has 1 fully saturated rings. The number of nitrogens with one attached hydrogen (secondary N) is 1. The Morgan fingerprint density at radius 3 is 3.10 bits per heavy atom. The van der Waals surface area contributed by atoms with Gasteiger partial charge in [0, 0.05) is 6.54 Å². The molecule has 0 bridgehead atoms. The summed E-state index contributed by atoms with van der Waals surface area (Å²) in [5, 5.41) is 2.76. The number of carbonyl (C=O) groups is 1. The van der Waals surface area contributed by atoms with E-state index in [9.17, 15) is 4.79 Å². The molecule has 0 aromatic heterocycles. The van der Waals surface area contributed by atoms with Crippen LogP contribution in [0.5, 0.6) is 0 Å². The van der Waals surface area contributed by atoms with Crippen molar-refractivity contribution in [2.24, 2.45) is 11.7 Å². The average Bonchev–Trinajstić information content (AvgIpc) is 2.04. The molecule has 0 radical (unpaired) electrons. The summed E-state index contributed by atoms with van der Waals surface area (Å²) in [7, 11) is 0. The van der Waals surface area contributed by atoms with Crippen molar-refractivity contribution < 1.29 is 4.79 Å². The predicted molar refractivity (Wildman–Crippen MR) is 39.4 cm³/mol. The Balaban J connectivity index is 2.55. The minimum Gasteiger partial charge on any atom is -0.355 e. The molecule has 1 saturated heterocycles. The zero-order valence-corrected chi connectivity index (χ0v) is 6.26. The van der Waals surface area contributed by atoms with Gasteiger partial charge in [-0.2, -0.15) is 0 Å². The minimum absolute atomic E-state index is 0.00463. The van der Waals surface area contributed by atoms with Gasteiger partial charge in [0.2, 0.25) is 5.91 Å². The Bertz CT molecular complexity index is 136. The van der Waals surface area contributed by atoms with Crippen LogP contribution >= 0.6 is 0 Å². The maximum absolute atomic E-state index is 11.0. The predicted octanol–water partition coefficient (Wildman–Crippen LogP) is -0.140. The van der Waals surface area contributed by atoms with Crippen molar-refractivity contribution in [1.29, 1.82) is 0 Å². The second-order valence-corrected chi connectivity index (χ2v) is 2.94. The molecule has 3 nitrogen and oxygen atoms in total. The van der Waals surface area contributed by atoms with Crippen molar-refractivity contribution >= 4 is 5.91 Å². The summed E-state index contributed by atoms with van der Waals surface area (Å²) in [5.41, 5.74) is 5.61. The Morgan fingerprint density at radius 1 is 1.70 bits per heavy atom. The molecule has 0 aromatic rings. The van der Waals surface area contributed by atoms with Crippen molar-refractivity contribution in [3.63, 3.8) is 0 Å². The van der Waals surface area contributed by atoms with E-state index in [-0.39, 0.29) is 11.9 Å². The van der Waals surface area contributed by atoms with Crippen molar-refractivity contribution in [2.45, 2.75) is 25.8 Å². The number of rotatable bonds is 0. The van der Waals surface area contributed by atoms with Gasteiger partial charge in [-0.25, -0.2) is 0 Å². The number of hydrogen-bond donors (Lipinski definition) is 2. The van der Waals surface area contributed by atoms with Gasteiger partial charge in [0.05, 0.1) is 6.04 Å². The lowest BCUT2D eigenvalue weighted by Crippen LogP contribution is -2.42. The summed E-state index contributed by atoms with van der Waals surface area (Å²) < 4.78 is 0. The molecule has 10 heavy (non-hydrogen) atoms. The molecule has 1 rings (SSSR count). The first-order valence-electron chi connectivity index (χ1n) is 3.75. The van der Waals surface area contributed by atoms with Crippen LogP contribution < -0.4 is 11.1 Å². The molecule has 0 aromatic carbocycles. The van der Waals surface area contributed by atoms with Gasteiger partial charge in [0.1, 0.15) is 0 Å². The molecule has 1 amide bonds. The van der Waals surface area contributed by atoms with Crippen molar-refractivity contribution in [3.8, 4) is 0 Å². The first-order chi connectivity index (χ1) is 4.72. The lowest BCUT2D eigenvalue weighted by atomic mass is 9.99. The fraction of sp³-hybridized carbons (Fsp3) is 0.857. The van der Waals surface area contributed by atoms with Crippen LogP contribution in [0.2, 0.25) is 0 Å². The monoisotopic (exact) mass is 142 g/mol.